The van der Waals surface area contributed by atoms with Crippen LogP contribution in [0.3, 0.4) is 0 Å². The highest BCUT2D eigenvalue weighted by Gasteiger charge is 2.61. The van der Waals surface area contributed by atoms with Gasteiger partial charge in [0.05, 0.1) is 12.6 Å². The molecule has 3 atom stereocenters. The Hall–Kier alpha value is -2.45. The van der Waals surface area contributed by atoms with E-state index in [-0.39, 0.29) is 24.3 Å². The minimum atomic E-state index is -0.918. The molecule has 1 aromatic carbocycles. The van der Waals surface area contributed by atoms with Gasteiger partial charge in [0.15, 0.2) is 0 Å². The van der Waals surface area contributed by atoms with Crippen LogP contribution in [-0.4, -0.2) is 87.9 Å². The summed E-state index contributed by atoms with van der Waals surface area (Å²) in [6, 6.07) is 8.80. The molecule has 8 nitrogen and oxygen atoms in total. The first-order valence-electron chi connectivity index (χ1n) is 11.3. The maximum Gasteiger partial charge on any atom is 0.245 e. The van der Waals surface area contributed by atoms with Gasteiger partial charge in [-0.15, -0.1) is 0 Å². The first-order valence-corrected chi connectivity index (χ1v) is 11.3. The maximum absolute atomic E-state index is 13.2. The highest BCUT2D eigenvalue weighted by Crippen LogP contribution is 2.40. The van der Waals surface area contributed by atoms with Crippen molar-refractivity contribution in [3.05, 3.63) is 35.9 Å². The van der Waals surface area contributed by atoms with Gasteiger partial charge in [-0.05, 0) is 38.2 Å². The number of hydrogen-bond acceptors (Lipinski definition) is 5. The van der Waals surface area contributed by atoms with Crippen LogP contribution in [0.15, 0.2) is 30.3 Å². The number of carbonyl (C=O) groups excluding carboxylic acids is 3. The average Bonchev–Trinajstić information content (AvgIpc) is 3.44. The van der Waals surface area contributed by atoms with E-state index in [0.29, 0.717) is 26.1 Å². The second-order valence-corrected chi connectivity index (χ2v) is 8.97. The molecular formula is C23H32N4O4. The van der Waals surface area contributed by atoms with Gasteiger partial charge in [0.25, 0.3) is 0 Å². The van der Waals surface area contributed by atoms with Gasteiger partial charge < -0.3 is 20.2 Å². The zero-order valence-corrected chi connectivity index (χ0v) is 18.1. The molecule has 1 aromatic rings. The van der Waals surface area contributed by atoms with E-state index in [0.717, 1.165) is 37.9 Å². The van der Waals surface area contributed by atoms with Crippen LogP contribution in [0.1, 0.15) is 38.2 Å². The second kappa shape index (κ2) is 8.96. The van der Waals surface area contributed by atoms with Crippen molar-refractivity contribution in [2.45, 2.75) is 56.8 Å². The Bertz CT molecular complexity index is 824. The van der Waals surface area contributed by atoms with Crippen molar-refractivity contribution in [3.8, 4) is 0 Å². The Morgan fingerprint density at radius 1 is 1.13 bits per heavy atom. The molecule has 3 heterocycles. The molecule has 1 spiro atoms. The van der Waals surface area contributed by atoms with Crippen molar-refractivity contribution >= 4 is 17.7 Å². The Morgan fingerprint density at radius 3 is 2.48 bits per heavy atom. The van der Waals surface area contributed by atoms with Crippen molar-refractivity contribution in [1.82, 2.24) is 20.0 Å². The Balaban J connectivity index is 1.41. The fourth-order valence-corrected chi connectivity index (χ4v) is 5.23. The lowest BCUT2D eigenvalue weighted by Gasteiger charge is -2.53. The van der Waals surface area contributed by atoms with Crippen molar-refractivity contribution in [2.75, 3.05) is 32.7 Å². The molecule has 0 saturated carbocycles. The van der Waals surface area contributed by atoms with Crippen LogP contribution in [0.5, 0.6) is 0 Å². The first-order chi connectivity index (χ1) is 14.9. The fourth-order valence-electron chi connectivity index (χ4n) is 5.23. The van der Waals surface area contributed by atoms with E-state index in [9.17, 15) is 19.5 Å². The van der Waals surface area contributed by atoms with E-state index in [4.69, 9.17) is 0 Å². The van der Waals surface area contributed by atoms with Gasteiger partial charge in [0.1, 0.15) is 11.6 Å². The minimum absolute atomic E-state index is 0.00192. The number of likely N-dealkylation sites (tertiary alicyclic amines) is 3. The van der Waals surface area contributed by atoms with Gasteiger partial charge in [0, 0.05) is 32.7 Å². The lowest BCUT2D eigenvalue weighted by Crippen LogP contribution is -2.76. The van der Waals surface area contributed by atoms with Crippen LogP contribution in [0.2, 0.25) is 0 Å². The van der Waals surface area contributed by atoms with Gasteiger partial charge in [-0.1, -0.05) is 30.3 Å². The second-order valence-electron chi connectivity index (χ2n) is 8.97. The average molecular weight is 429 g/mol. The molecule has 0 bridgehead atoms. The third kappa shape index (κ3) is 4.19. The molecular weight excluding hydrogens is 396 g/mol. The molecule has 2 N–H and O–H groups in total. The molecule has 31 heavy (non-hydrogen) atoms. The smallest absolute Gasteiger partial charge is 0.245 e. The summed E-state index contributed by atoms with van der Waals surface area (Å²) in [7, 11) is 0. The van der Waals surface area contributed by atoms with E-state index in [2.05, 4.69) is 5.32 Å². The van der Waals surface area contributed by atoms with Crippen molar-refractivity contribution in [1.29, 1.82) is 0 Å². The zero-order valence-electron chi connectivity index (χ0n) is 18.1. The number of aliphatic hydroxyl groups excluding tert-OH is 1. The van der Waals surface area contributed by atoms with E-state index in [1.807, 2.05) is 40.1 Å². The van der Waals surface area contributed by atoms with Crippen LogP contribution >= 0.6 is 0 Å². The molecule has 0 aliphatic carbocycles. The van der Waals surface area contributed by atoms with Crippen molar-refractivity contribution in [3.63, 3.8) is 0 Å². The molecule has 3 aliphatic rings. The fraction of sp³-hybridized carbons (Fsp3) is 0.609. The van der Waals surface area contributed by atoms with E-state index in [1.54, 1.807) is 11.8 Å². The van der Waals surface area contributed by atoms with Crippen LogP contribution < -0.4 is 5.32 Å². The predicted molar refractivity (Wildman–Crippen MR) is 115 cm³/mol. The standard InChI is InChI=1S/C23H32N4O4/c1-17(28)20(21(30)24-14-18-8-3-2-4-9-18)27-13-7-10-23(27)16-26(22(23)31)15-19(29)25-11-5-6-12-25/h2-4,8-9,17,20,28H,5-7,10-16H2,1H3,(H,24,30). The number of aliphatic hydroxyl groups is 1. The molecule has 3 saturated heterocycles. The lowest BCUT2D eigenvalue weighted by molar-refractivity contribution is -0.170. The summed E-state index contributed by atoms with van der Waals surface area (Å²) in [5.41, 5.74) is 0.194. The quantitative estimate of drug-likeness (QED) is 0.612. The van der Waals surface area contributed by atoms with Crippen molar-refractivity contribution < 1.29 is 19.5 Å². The lowest BCUT2D eigenvalue weighted by atomic mass is 9.84. The number of benzene rings is 1. The van der Waals surface area contributed by atoms with E-state index < -0.39 is 17.7 Å². The van der Waals surface area contributed by atoms with Gasteiger partial charge in [-0.3, -0.25) is 19.3 Å². The highest BCUT2D eigenvalue weighted by molar-refractivity contribution is 5.97. The Kier molecular flexibility index (Phi) is 6.29. The molecule has 168 valence electrons. The summed E-state index contributed by atoms with van der Waals surface area (Å²) >= 11 is 0. The van der Waals surface area contributed by atoms with E-state index >= 15 is 0 Å². The molecule has 4 rings (SSSR count). The van der Waals surface area contributed by atoms with Gasteiger partial charge >= 0.3 is 0 Å². The minimum Gasteiger partial charge on any atom is -0.391 e. The number of hydrogen-bond donors (Lipinski definition) is 2. The molecule has 3 amide bonds. The first kappa shape index (κ1) is 21.8. The van der Waals surface area contributed by atoms with E-state index in [1.165, 1.54) is 0 Å². The zero-order chi connectivity index (χ0) is 22.0. The molecule has 3 aliphatic heterocycles. The molecule has 3 fully saturated rings. The largest absolute Gasteiger partial charge is 0.391 e. The summed E-state index contributed by atoms with van der Waals surface area (Å²) < 4.78 is 0. The predicted octanol–water partition coefficient (Wildman–Crippen LogP) is 0.351. The van der Waals surface area contributed by atoms with Gasteiger partial charge in [0.2, 0.25) is 17.7 Å². The topological polar surface area (TPSA) is 93.2 Å². The van der Waals surface area contributed by atoms with Gasteiger partial charge in [-0.25, -0.2) is 0 Å². The van der Waals surface area contributed by atoms with Crippen LogP contribution in [-0.2, 0) is 20.9 Å². The summed E-state index contributed by atoms with van der Waals surface area (Å²) in [6.45, 7) is 4.61. The molecule has 8 heteroatoms. The Morgan fingerprint density at radius 2 is 1.84 bits per heavy atom. The number of amides is 3. The normalized spacial score (nSPS) is 25.5. The number of nitrogens with zero attached hydrogens (tertiary/aromatic N) is 3. The summed E-state index contributed by atoms with van der Waals surface area (Å²) in [4.78, 5) is 43.9. The van der Waals surface area contributed by atoms with Crippen LogP contribution in [0, 0.1) is 0 Å². The maximum atomic E-state index is 13.2. The summed E-state index contributed by atoms with van der Waals surface area (Å²) in [5.74, 6) is -0.378. The van der Waals surface area contributed by atoms with Crippen LogP contribution in [0.4, 0.5) is 0 Å². The van der Waals surface area contributed by atoms with Crippen LogP contribution in [0.25, 0.3) is 0 Å². The number of rotatable bonds is 7. The summed E-state index contributed by atoms with van der Waals surface area (Å²) in [6.07, 6.45) is 2.56. The van der Waals surface area contributed by atoms with Crippen molar-refractivity contribution in [2.24, 2.45) is 0 Å². The SMILES string of the molecule is CC(O)C(C(=O)NCc1ccccc1)N1CCCC12CN(CC(=O)N1CCCC1)C2=O. The number of β-lactam (4-membered cyclic amide) rings is 1. The third-order valence-corrected chi connectivity index (χ3v) is 6.83. The monoisotopic (exact) mass is 428 g/mol. The molecule has 3 unspecified atom stereocenters. The number of carbonyl (C=O) groups is 3. The number of nitrogens with one attached hydrogen (secondary N) is 1. The molecule has 0 aromatic heterocycles. The Labute approximate surface area is 183 Å². The molecule has 0 radical (unpaired) electrons. The van der Waals surface area contributed by atoms with Gasteiger partial charge in [-0.2, -0.15) is 0 Å². The highest BCUT2D eigenvalue weighted by atomic mass is 16.3. The third-order valence-electron chi connectivity index (χ3n) is 6.83. The summed E-state index contributed by atoms with van der Waals surface area (Å²) in [5, 5.41) is 13.4.